The highest BCUT2D eigenvalue weighted by Gasteiger charge is 2.52. The number of para-hydroxylation sites is 4. The fourth-order valence-corrected chi connectivity index (χ4v) is 10.8. The lowest BCUT2D eigenvalue weighted by atomic mass is 9.70. The van der Waals surface area contributed by atoms with Crippen LogP contribution in [0.2, 0.25) is 0 Å². The second-order valence-electron chi connectivity index (χ2n) is 16.4. The van der Waals surface area contributed by atoms with E-state index >= 15 is 0 Å². The SMILES string of the molecule is c1ccc(N(c2cccc3c2-c2ccccc2C32c3ccccc3-c3ccc(N(c4ccccc4)c4cccc5c4oc4ccccc45)cc32)c2cccc3ccccc23)cc1. The van der Waals surface area contributed by atoms with Gasteiger partial charge in [0.15, 0.2) is 5.58 Å². The molecule has 62 heavy (non-hydrogen) atoms. The van der Waals surface area contributed by atoms with Gasteiger partial charge < -0.3 is 14.2 Å². The molecule has 0 amide bonds. The zero-order valence-corrected chi connectivity index (χ0v) is 33.7. The average molecular weight is 791 g/mol. The lowest BCUT2D eigenvalue weighted by Gasteiger charge is -2.33. The number of anilines is 6. The number of nitrogens with zero attached hydrogens (tertiary/aromatic N) is 2. The van der Waals surface area contributed by atoms with E-state index in [9.17, 15) is 0 Å². The van der Waals surface area contributed by atoms with Gasteiger partial charge in [-0.05, 0) is 105 Å². The number of rotatable bonds is 6. The molecule has 0 radical (unpaired) electrons. The summed E-state index contributed by atoms with van der Waals surface area (Å²) in [6.45, 7) is 0. The van der Waals surface area contributed by atoms with E-state index in [1.807, 2.05) is 6.07 Å². The van der Waals surface area contributed by atoms with Crippen LogP contribution in [0.5, 0.6) is 0 Å². The topological polar surface area (TPSA) is 19.6 Å². The normalized spacial score (nSPS) is 14.5. The number of fused-ring (bicyclic) bond motifs is 14. The van der Waals surface area contributed by atoms with E-state index in [1.54, 1.807) is 0 Å². The van der Waals surface area contributed by atoms with Gasteiger partial charge in [-0.3, -0.25) is 0 Å². The summed E-state index contributed by atoms with van der Waals surface area (Å²) in [6, 6.07) is 84.0. The molecule has 0 N–H and O–H groups in total. The van der Waals surface area contributed by atoms with Gasteiger partial charge in [0.1, 0.15) is 5.58 Å². The van der Waals surface area contributed by atoms with Crippen LogP contribution in [0, 0.1) is 0 Å². The lowest BCUT2D eigenvalue weighted by Crippen LogP contribution is -2.26. The summed E-state index contributed by atoms with van der Waals surface area (Å²) in [7, 11) is 0. The Bertz CT molecular complexity index is 3550. The Hall–Kier alpha value is -8.14. The second-order valence-corrected chi connectivity index (χ2v) is 16.4. The van der Waals surface area contributed by atoms with E-state index in [-0.39, 0.29) is 0 Å². The molecule has 3 heteroatoms. The van der Waals surface area contributed by atoms with Gasteiger partial charge in [0.05, 0.1) is 22.5 Å². The van der Waals surface area contributed by atoms with Gasteiger partial charge in [0, 0.05) is 38.8 Å². The molecule has 2 aliphatic rings. The standard InChI is InChI=1S/C59H38N2O/c1-3-20-40(21-4-1)60(55-34-16-28-47-46-26-11-14-35-56(46)62-58(47)55)42-36-37-45-44-25-9-12-29-49(44)59(52(45)38-42)50-30-13-10-27-48(50)57-51(59)31-17-33-54(57)61(41-22-5-2-6-23-41)53-32-15-19-39-18-7-8-24-43(39)53/h1-38H. The molecule has 0 saturated heterocycles. The van der Waals surface area contributed by atoms with Crippen LogP contribution < -0.4 is 9.80 Å². The first-order valence-corrected chi connectivity index (χ1v) is 21.4. The summed E-state index contributed by atoms with van der Waals surface area (Å²) in [5.41, 5.74) is 17.9. The minimum absolute atomic E-state index is 0.585. The summed E-state index contributed by atoms with van der Waals surface area (Å²) in [5.74, 6) is 0. The molecule has 3 nitrogen and oxygen atoms in total. The summed E-state index contributed by atoms with van der Waals surface area (Å²) in [6.07, 6.45) is 0. The van der Waals surface area contributed by atoms with Gasteiger partial charge in [-0.15, -0.1) is 0 Å². The Morgan fingerprint density at radius 1 is 0.323 bits per heavy atom. The molecular weight excluding hydrogens is 753 g/mol. The fraction of sp³-hybridized carbons (Fsp3) is 0.0169. The molecule has 1 unspecified atom stereocenters. The summed E-state index contributed by atoms with van der Waals surface area (Å²) in [5, 5.41) is 4.63. The van der Waals surface area contributed by atoms with E-state index in [1.165, 1.54) is 55.3 Å². The Morgan fingerprint density at radius 2 is 0.871 bits per heavy atom. The highest BCUT2D eigenvalue weighted by molar-refractivity contribution is 6.11. The summed E-state index contributed by atoms with van der Waals surface area (Å²) < 4.78 is 6.73. The summed E-state index contributed by atoms with van der Waals surface area (Å²) in [4.78, 5) is 4.85. The molecule has 0 aliphatic heterocycles. The van der Waals surface area contributed by atoms with Crippen molar-refractivity contribution in [3.05, 3.63) is 253 Å². The van der Waals surface area contributed by atoms with Gasteiger partial charge in [-0.25, -0.2) is 0 Å². The monoisotopic (exact) mass is 790 g/mol. The van der Waals surface area contributed by atoms with Crippen molar-refractivity contribution < 1.29 is 4.42 Å². The number of benzene rings is 10. The molecule has 2 aliphatic carbocycles. The zero-order chi connectivity index (χ0) is 40.8. The molecule has 1 aromatic heterocycles. The van der Waals surface area contributed by atoms with Crippen LogP contribution in [0.3, 0.4) is 0 Å². The van der Waals surface area contributed by atoms with Crippen molar-refractivity contribution in [2.45, 2.75) is 5.41 Å². The Morgan fingerprint density at radius 3 is 1.69 bits per heavy atom. The fourth-order valence-electron chi connectivity index (χ4n) is 10.8. The minimum Gasteiger partial charge on any atom is -0.454 e. The molecule has 290 valence electrons. The maximum atomic E-state index is 6.73. The van der Waals surface area contributed by atoms with E-state index in [4.69, 9.17) is 4.42 Å². The predicted molar refractivity (Wildman–Crippen MR) is 257 cm³/mol. The highest BCUT2D eigenvalue weighted by atomic mass is 16.3. The van der Waals surface area contributed by atoms with Crippen molar-refractivity contribution in [2.75, 3.05) is 9.80 Å². The van der Waals surface area contributed by atoms with Crippen molar-refractivity contribution in [1.82, 2.24) is 0 Å². The van der Waals surface area contributed by atoms with Crippen molar-refractivity contribution in [2.24, 2.45) is 0 Å². The predicted octanol–water partition coefficient (Wildman–Crippen LogP) is 16.0. The zero-order valence-electron chi connectivity index (χ0n) is 33.7. The van der Waals surface area contributed by atoms with Gasteiger partial charge >= 0.3 is 0 Å². The van der Waals surface area contributed by atoms with Crippen LogP contribution in [0.15, 0.2) is 235 Å². The first-order chi connectivity index (χ1) is 30.8. The third-order valence-corrected chi connectivity index (χ3v) is 13.2. The maximum absolute atomic E-state index is 6.73. The van der Waals surface area contributed by atoms with Gasteiger partial charge in [0.25, 0.3) is 0 Å². The van der Waals surface area contributed by atoms with Crippen LogP contribution >= 0.6 is 0 Å². The number of hydrogen-bond acceptors (Lipinski definition) is 3. The van der Waals surface area contributed by atoms with Gasteiger partial charge in [-0.1, -0.05) is 170 Å². The highest BCUT2D eigenvalue weighted by Crippen LogP contribution is 2.65. The first-order valence-electron chi connectivity index (χ1n) is 21.4. The molecule has 1 atom stereocenters. The van der Waals surface area contributed by atoms with Crippen molar-refractivity contribution in [3.8, 4) is 22.3 Å². The number of hydrogen-bond donors (Lipinski definition) is 0. The van der Waals surface area contributed by atoms with Crippen molar-refractivity contribution in [3.63, 3.8) is 0 Å². The molecule has 0 saturated carbocycles. The Kier molecular flexibility index (Phi) is 7.52. The Labute approximate surface area is 360 Å². The lowest BCUT2D eigenvalue weighted by molar-refractivity contribution is 0.669. The molecule has 1 spiro atoms. The van der Waals surface area contributed by atoms with E-state index in [2.05, 4.69) is 234 Å². The van der Waals surface area contributed by atoms with E-state index in [0.717, 1.165) is 56.1 Å². The molecule has 11 aromatic rings. The van der Waals surface area contributed by atoms with E-state index in [0.29, 0.717) is 0 Å². The molecule has 0 fully saturated rings. The third kappa shape index (κ3) is 4.82. The first kappa shape index (κ1) is 34.7. The van der Waals surface area contributed by atoms with E-state index < -0.39 is 5.41 Å². The van der Waals surface area contributed by atoms with Gasteiger partial charge in [-0.2, -0.15) is 0 Å². The summed E-state index contributed by atoms with van der Waals surface area (Å²) >= 11 is 0. The quantitative estimate of drug-likeness (QED) is 0.167. The maximum Gasteiger partial charge on any atom is 0.159 e. The second kappa shape index (κ2) is 13.4. The third-order valence-electron chi connectivity index (χ3n) is 13.2. The number of furan rings is 1. The average Bonchev–Trinajstić information content (AvgIpc) is 3.97. The molecule has 10 aromatic carbocycles. The van der Waals surface area contributed by atoms with Crippen molar-refractivity contribution in [1.29, 1.82) is 0 Å². The largest absolute Gasteiger partial charge is 0.454 e. The minimum atomic E-state index is -0.585. The van der Waals surface area contributed by atoms with Crippen LogP contribution in [0.25, 0.3) is 55.0 Å². The molecule has 13 rings (SSSR count). The van der Waals surface area contributed by atoms with Crippen LogP contribution in [-0.4, -0.2) is 0 Å². The van der Waals surface area contributed by atoms with Crippen LogP contribution in [0.1, 0.15) is 22.3 Å². The Balaban J connectivity index is 1.10. The molecule has 1 heterocycles. The molecular formula is C59H38N2O. The van der Waals surface area contributed by atoms with Crippen LogP contribution in [0.4, 0.5) is 34.1 Å². The van der Waals surface area contributed by atoms with Gasteiger partial charge in [0.2, 0.25) is 0 Å². The molecule has 0 bridgehead atoms. The van der Waals surface area contributed by atoms with Crippen molar-refractivity contribution >= 4 is 66.8 Å². The smallest absolute Gasteiger partial charge is 0.159 e. The van der Waals surface area contributed by atoms with Crippen LogP contribution in [-0.2, 0) is 5.41 Å².